The molecule has 1 N–H and O–H groups in total. The van der Waals surface area contributed by atoms with Crippen molar-refractivity contribution in [3.63, 3.8) is 0 Å². The van der Waals surface area contributed by atoms with Gasteiger partial charge in [-0.1, -0.05) is 23.5 Å². The topological polar surface area (TPSA) is 78.3 Å². The lowest BCUT2D eigenvalue weighted by atomic mass is 9.86. The fraction of sp³-hybridized carbons (Fsp3) is 0.320. The second-order valence-electron chi connectivity index (χ2n) is 8.36. The summed E-state index contributed by atoms with van der Waals surface area (Å²) in [6.45, 7) is 8.56. The Labute approximate surface area is 196 Å². The van der Waals surface area contributed by atoms with E-state index in [9.17, 15) is 4.79 Å². The summed E-state index contributed by atoms with van der Waals surface area (Å²) in [6.07, 6.45) is 0.489. The van der Waals surface area contributed by atoms with E-state index in [0.717, 1.165) is 38.5 Å². The van der Waals surface area contributed by atoms with Crippen LogP contribution < -0.4 is 14.8 Å². The smallest absolute Gasteiger partial charge is 0.226 e. The van der Waals surface area contributed by atoms with E-state index in [-0.39, 0.29) is 17.9 Å². The molecule has 1 atom stereocenters. The van der Waals surface area contributed by atoms with Crippen LogP contribution in [-0.4, -0.2) is 33.4 Å². The molecule has 1 aliphatic rings. The van der Waals surface area contributed by atoms with Crippen LogP contribution in [0, 0.1) is 6.92 Å². The number of hydrogen-bond acceptors (Lipinski definition) is 6. The van der Waals surface area contributed by atoms with Gasteiger partial charge in [-0.2, -0.15) is 9.78 Å². The predicted octanol–water partition coefficient (Wildman–Crippen LogP) is 5.45. The van der Waals surface area contributed by atoms with Gasteiger partial charge in [0.25, 0.3) is 0 Å². The average molecular weight is 463 g/mol. The van der Waals surface area contributed by atoms with E-state index >= 15 is 0 Å². The molecule has 1 unspecified atom stereocenters. The van der Waals surface area contributed by atoms with Gasteiger partial charge in [0.05, 0.1) is 28.6 Å². The molecule has 0 radical (unpaired) electrons. The third-order valence-corrected chi connectivity index (χ3v) is 6.59. The van der Waals surface area contributed by atoms with Crippen molar-refractivity contribution in [1.29, 1.82) is 0 Å². The van der Waals surface area contributed by atoms with Crippen LogP contribution in [0.5, 0.6) is 11.5 Å². The summed E-state index contributed by atoms with van der Waals surface area (Å²) >= 11 is 1.52. The lowest BCUT2D eigenvalue weighted by Gasteiger charge is -2.24. The van der Waals surface area contributed by atoms with E-state index in [2.05, 4.69) is 5.32 Å². The first-order valence-electron chi connectivity index (χ1n) is 11.1. The zero-order valence-electron chi connectivity index (χ0n) is 19.1. The summed E-state index contributed by atoms with van der Waals surface area (Å²) in [7, 11) is 0. The molecule has 170 valence electrons. The van der Waals surface area contributed by atoms with Crippen LogP contribution in [0.3, 0.4) is 0 Å². The number of ether oxygens (including phenoxy) is 2. The molecule has 0 spiro atoms. The Kier molecular flexibility index (Phi) is 5.54. The molecule has 0 fully saturated rings. The minimum atomic E-state index is -0.0745. The van der Waals surface area contributed by atoms with Gasteiger partial charge in [0.15, 0.2) is 0 Å². The Balaban J connectivity index is 1.54. The summed E-state index contributed by atoms with van der Waals surface area (Å²) in [4.78, 5) is 17.5. The monoisotopic (exact) mass is 462 g/mol. The number of carbonyl (C=O) groups excluding carboxylic acids is 1. The molecule has 1 amide bonds. The molecule has 3 heterocycles. The van der Waals surface area contributed by atoms with Crippen molar-refractivity contribution in [2.24, 2.45) is 0 Å². The average Bonchev–Trinajstić information content (AvgIpc) is 3.34. The maximum Gasteiger partial charge on any atom is 0.226 e. The number of benzene rings is 2. The highest BCUT2D eigenvalue weighted by molar-refractivity contribution is 7.20. The van der Waals surface area contributed by atoms with Crippen LogP contribution in [0.2, 0.25) is 0 Å². The van der Waals surface area contributed by atoms with Crippen LogP contribution >= 0.6 is 11.3 Å². The normalized spacial score (nSPS) is 15.5. The zero-order chi connectivity index (χ0) is 23.1. The van der Waals surface area contributed by atoms with Crippen molar-refractivity contribution in [2.75, 3.05) is 11.9 Å². The SMILES string of the molecule is CCOc1ccc2nc(-n3nc(C)c4c3NC(=O)CC4c3ccc(OC(C)C)cc3)sc2c1. The number of aromatic nitrogens is 3. The molecular weight excluding hydrogens is 436 g/mol. The van der Waals surface area contributed by atoms with Gasteiger partial charge in [0.2, 0.25) is 11.0 Å². The maximum atomic E-state index is 12.7. The number of nitrogens with zero attached hydrogens (tertiary/aromatic N) is 3. The van der Waals surface area contributed by atoms with Crippen molar-refractivity contribution in [2.45, 2.75) is 46.1 Å². The predicted molar refractivity (Wildman–Crippen MR) is 130 cm³/mol. The second-order valence-corrected chi connectivity index (χ2v) is 9.37. The minimum absolute atomic E-state index is 0.0316. The van der Waals surface area contributed by atoms with Crippen LogP contribution in [0.1, 0.15) is 49.9 Å². The third-order valence-electron chi connectivity index (χ3n) is 5.60. The van der Waals surface area contributed by atoms with Gasteiger partial charge in [-0.05, 0) is 63.6 Å². The maximum absolute atomic E-state index is 12.7. The number of amides is 1. The van der Waals surface area contributed by atoms with E-state index in [4.69, 9.17) is 19.6 Å². The molecule has 0 saturated carbocycles. The van der Waals surface area contributed by atoms with Gasteiger partial charge in [0, 0.05) is 17.9 Å². The van der Waals surface area contributed by atoms with E-state index < -0.39 is 0 Å². The third kappa shape index (κ3) is 4.06. The van der Waals surface area contributed by atoms with E-state index in [1.165, 1.54) is 11.3 Å². The van der Waals surface area contributed by atoms with Crippen molar-refractivity contribution in [3.05, 3.63) is 59.3 Å². The fourth-order valence-corrected chi connectivity index (χ4v) is 5.21. The Morgan fingerprint density at radius 3 is 2.67 bits per heavy atom. The Morgan fingerprint density at radius 1 is 1.18 bits per heavy atom. The summed E-state index contributed by atoms with van der Waals surface area (Å²) in [5.41, 5.74) is 3.85. The van der Waals surface area contributed by atoms with Gasteiger partial charge >= 0.3 is 0 Å². The quantitative estimate of drug-likeness (QED) is 0.412. The van der Waals surface area contributed by atoms with Crippen molar-refractivity contribution in [3.8, 4) is 16.6 Å². The first-order chi connectivity index (χ1) is 15.9. The Morgan fingerprint density at radius 2 is 1.94 bits per heavy atom. The summed E-state index contributed by atoms with van der Waals surface area (Å²) < 4.78 is 14.2. The second kappa shape index (κ2) is 8.51. The van der Waals surface area contributed by atoms with Gasteiger partial charge in [0.1, 0.15) is 17.3 Å². The van der Waals surface area contributed by atoms with Crippen LogP contribution in [-0.2, 0) is 4.79 Å². The molecule has 33 heavy (non-hydrogen) atoms. The standard InChI is InChI=1S/C25H26N4O3S/c1-5-31-18-10-11-20-21(12-18)33-25(26-20)29-24-23(15(4)28-29)19(13-22(30)27-24)16-6-8-17(9-7-16)32-14(2)3/h6-12,14,19H,5,13H2,1-4H3,(H,27,30). The number of fused-ring (bicyclic) bond motifs is 2. The van der Waals surface area contributed by atoms with Gasteiger partial charge in [-0.25, -0.2) is 4.98 Å². The summed E-state index contributed by atoms with van der Waals surface area (Å²) in [6, 6.07) is 13.9. The van der Waals surface area contributed by atoms with Gasteiger partial charge < -0.3 is 14.8 Å². The van der Waals surface area contributed by atoms with Crippen molar-refractivity contribution >= 4 is 33.3 Å². The van der Waals surface area contributed by atoms with E-state index in [1.54, 1.807) is 4.68 Å². The number of carbonyl (C=O) groups is 1. The summed E-state index contributed by atoms with van der Waals surface area (Å²) in [5, 5.41) is 8.53. The lowest BCUT2D eigenvalue weighted by molar-refractivity contribution is -0.116. The molecule has 4 aromatic rings. The first-order valence-corrected chi connectivity index (χ1v) is 11.9. The largest absolute Gasteiger partial charge is 0.494 e. The number of aryl methyl sites for hydroxylation is 1. The van der Waals surface area contributed by atoms with Gasteiger partial charge in [-0.15, -0.1) is 0 Å². The van der Waals surface area contributed by atoms with Crippen molar-refractivity contribution < 1.29 is 14.3 Å². The van der Waals surface area contributed by atoms with Crippen molar-refractivity contribution in [1.82, 2.24) is 14.8 Å². The number of anilines is 1. The number of rotatable bonds is 6. The Bertz CT molecular complexity index is 1320. The van der Waals surface area contributed by atoms with E-state index in [1.807, 2.05) is 70.2 Å². The highest BCUT2D eigenvalue weighted by Crippen LogP contribution is 2.41. The Hall–Kier alpha value is -3.39. The number of nitrogens with one attached hydrogen (secondary N) is 1. The molecule has 8 heteroatoms. The molecule has 2 aromatic heterocycles. The molecule has 0 saturated heterocycles. The lowest BCUT2D eigenvalue weighted by Crippen LogP contribution is -2.24. The van der Waals surface area contributed by atoms with Crippen LogP contribution in [0.15, 0.2) is 42.5 Å². The first kappa shape index (κ1) is 21.5. The highest BCUT2D eigenvalue weighted by atomic mass is 32.1. The number of thiazole rings is 1. The molecule has 1 aliphatic heterocycles. The summed E-state index contributed by atoms with van der Waals surface area (Å²) in [5.74, 6) is 2.23. The highest BCUT2D eigenvalue weighted by Gasteiger charge is 2.33. The van der Waals surface area contributed by atoms with Crippen LogP contribution in [0.25, 0.3) is 15.3 Å². The molecular formula is C25H26N4O3S. The zero-order valence-corrected chi connectivity index (χ0v) is 19.9. The fourth-order valence-electron chi connectivity index (χ4n) is 4.26. The molecule has 5 rings (SSSR count). The molecule has 0 bridgehead atoms. The van der Waals surface area contributed by atoms with E-state index in [0.29, 0.717) is 24.0 Å². The molecule has 7 nitrogen and oxygen atoms in total. The van der Waals surface area contributed by atoms with Gasteiger partial charge in [-0.3, -0.25) is 4.79 Å². The minimum Gasteiger partial charge on any atom is -0.494 e. The molecule has 0 aliphatic carbocycles. The van der Waals surface area contributed by atoms with Crippen LogP contribution in [0.4, 0.5) is 5.82 Å². The molecule has 2 aromatic carbocycles. The number of hydrogen-bond donors (Lipinski definition) is 1.